The molecule has 0 fully saturated rings. The third-order valence-corrected chi connectivity index (χ3v) is 4.61. The van der Waals surface area contributed by atoms with Gasteiger partial charge in [0.1, 0.15) is 11.2 Å². The molecule has 132 valence electrons. The van der Waals surface area contributed by atoms with Crippen LogP contribution in [0.15, 0.2) is 41.5 Å². The van der Waals surface area contributed by atoms with Crippen LogP contribution in [0.2, 0.25) is 0 Å². The van der Waals surface area contributed by atoms with E-state index in [1.165, 1.54) is 17.1 Å². The highest BCUT2D eigenvalue weighted by Gasteiger charge is 2.24. The minimum Gasteiger partial charge on any atom is -0.345 e. The van der Waals surface area contributed by atoms with Crippen molar-refractivity contribution in [2.75, 3.05) is 18.0 Å². The number of benzene rings is 1. The molecule has 0 saturated heterocycles. The number of aryl methyl sites for hydroxylation is 1. The molecule has 0 unspecified atom stereocenters. The highest BCUT2D eigenvalue weighted by Crippen LogP contribution is 2.27. The number of anilines is 1. The predicted molar refractivity (Wildman–Crippen MR) is 96.2 cm³/mol. The van der Waals surface area contributed by atoms with Crippen molar-refractivity contribution in [2.45, 2.75) is 6.42 Å². The number of H-pyrrole nitrogens is 1. The van der Waals surface area contributed by atoms with Crippen molar-refractivity contribution in [1.29, 1.82) is 0 Å². The topological polar surface area (TPSA) is 100 Å². The van der Waals surface area contributed by atoms with Crippen molar-refractivity contribution in [2.24, 2.45) is 7.05 Å². The molecule has 0 saturated carbocycles. The number of rotatable bonds is 3. The molecule has 0 bridgehead atoms. The molecule has 4 rings (SSSR count). The van der Waals surface area contributed by atoms with Crippen LogP contribution in [0.25, 0.3) is 11.0 Å². The van der Waals surface area contributed by atoms with Gasteiger partial charge in [0.05, 0.1) is 18.1 Å². The number of pyridine rings is 1. The van der Waals surface area contributed by atoms with E-state index < -0.39 is 11.3 Å². The van der Waals surface area contributed by atoms with Crippen LogP contribution in [0.5, 0.6) is 0 Å². The van der Waals surface area contributed by atoms with Gasteiger partial charge in [0, 0.05) is 25.5 Å². The summed E-state index contributed by atoms with van der Waals surface area (Å²) in [4.78, 5) is 41.8. The van der Waals surface area contributed by atoms with Gasteiger partial charge in [-0.25, -0.2) is 0 Å². The van der Waals surface area contributed by atoms with Crippen LogP contribution < -0.4 is 15.6 Å². The molecule has 2 aromatic heterocycles. The van der Waals surface area contributed by atoms with E-state index in [1.54, 1.807) is 11.9 Å². The summed E-state index contributed by atoms with van der Waals surface area (Å²) in [6, 6.07) is 7.70. The third-order valence-electron chi connectivity index (χ3n) is 4.61. The van der Waals surface area contributed by atoms with Crippen LogP contribution >= 0.6 is 0 Å². The van der Waals surface area contributed by atoms with Gasteiger partial charge in [-0.3, -0.25) is 19.1 Å². The number of hydrogen-bond donors (Lipinski definition) is 2. The van der Waals surface area contributed by atoms with Crippen LogP contribution in [-0.2, 0) is 18.3 Å². The van der Waals surface area contributed by atoms with E-state index in [9.17, 15) is 14.4 Å². The molecule has 8 nitrogen and oxygen atoms in total. The molecule has 1 aromatic carbocycles. The normalized spacial score (nSPS) is 13.0. The quantitative estimate of drug-likeness (QED) is 0.721. The van der Waals surface area contributed by atoms with Crippen molar-refractivity contribution in [3.63, 3.8) is 0 Å². The number of hydrogen-bond acceptors (Lipinski definition) is 4. The molecule has 0 radical (unpaired) electrons. The molecule has 3 aromatic rings. The second kappa shape index (κ2) is 6.14. The van der Waals surface area contributed by atoms with Gasteiger partial charge in [-0.05, 0) is 18.1 Å². The number of amides is 2. The fourth-order valence-corrected chi connectivity index (χ4v) is 3.24. The van der Waals surface area contributed by atoms with Crippen LogP contribution in [0.1, 0.15) is 15.9 Å². The molecule has 8 heteroatoms. The zero-order valence-electron chi connectivity index (χ0n) is 14.2. The van der Waals surface area contributed by atoms with Crippen LogP contribution in [0, 0.1) is 0 Å². The lowest BCUT2D eigenvalue weighted by Gasteiger charge is -2.17. The minimum absolute atomic E-state index is 0.0416. The van der Waals surface area contributed by atoms with Gasteiger partial charge >= 0.3 is 0 Å². The summed E-state index contributed by atoms with van der Waals surface area (Å²) in [5.74, 6) is -0.792. The number of nitrogens with zero attached hydrogens (tertiary/aromatic N) is 3. The first-order chi connectivity index (χ1) is 12.6. The van der Waals surface area contributed by atoms with E-state index in [0.717, 1.165) is 17.7 Å². The maximum absolute atomic E-state index is 12.5. The summed E-state index contributed by atoms with van der Waals surface area (Å²) in [6.45, 7) is 0.425. The maximum atomic E-state index is 12.5. The monoisotopic (exact) mass is 351 g/mol. The molecule has 1 aliphatic rings. The summed E-state index contributed by atoms with van der Waals surface area (Å²) in [5.41, 5.74) is 2.08. The Morgan fingerprint density at radius 1 is 1.31 bits per heavy atom. The van der Waals surface area contributed by atoms with Gasteiger partial charge in [-0.1, -0.05) is 18.2 Å². The first-order valence-electron chi connectivity index (χ1n) is 8.26. The van der Waals surface area contributed by atoms with E-state index in [2.05, 4.69) is 15.4 Å². The lowest BCUT2D eigenvalue weighted by molar-refractivity contribution is -0.117. The Labute approximate surface area is 148 Å². The SMILES string of the molecule is Cn1ncc2c(=O)c(C(=O)NCC(=O)N3CCc4ccccc43)c[nH]c21. The van der Waals surface area contributed by atoms with Crippen molar-refractivity contribution in [1.82, 2.24) is 20.1 Å². The number of para-hydroxylation sites is 1. The van der Waals surface area contributed by atoms with Crippen LogP contribution in [0.3, 0.4) is 0 Å². The number of nitrogens with one attached hydrogen (secondary N) is 2. The van der Waals surface area contributed by atoms with Gasteiger partial charge in [0.25, 0.3) is 5.91 Å². The fourth-order valence-electron chi connectivity index (χ4n) is 3.24. The molecule has 2 amide bonds. The van der Waals surface area contributed by atoms with Gasteiger partial charge in [0.15, 0.2) is 0 Å². The molecule has 3 heterocycles. The van der Waals surface area contributed by atoms with Crippen molar-refractivity contribution in [3.8, 4) is 0 Å². The Balaban J connectivity index is 1.49. The van der Waals surface area contributed by atoms with Crippen molar-refractivity contribution < 1.29 is 9.59 Å². The van der Waals surface area contributed by atoms with Crippen molar-refractivity contribution >= 4 is 28.5 Å². The fraction of sp³-hybridized carbons (Fsp3) is 0.222. The molecule has 2 N–H and O–H groups in total. The van der Waals surface area contributed by atoms with E-state index in [1.807, 2.05) is 24.3 Å². The summed E-state index contributed by atoms with van der Waals surface area (Å²) in [7, 11) is 1.70. The van der Waals surface area contributed by atoms with Gasteiger partial charge in [-0.2, -0.15) is 5.10 Å². The molecule has 0 aliphatic carbocycles. The second-order valence-electron chi connectivity index (χ2n) is 6.17. The van der Waals surface area contributed by atoms with E-state index in [4.69, 9.17) is 0 Å². The summed E-state index contributed by atoms with van der Waals surface area (Å²) >= 11 is 0. The molecular formula is C18H17N5O3. The average Bonchev–Trinajstić information content (AvgIpc) is 3.24. The van der Waals surface area contributed by atoms with E-state index >= 15 is 0 Å². The number of carbonyl (C=O) groups excluding carboxylic acids is 2. The summed E-state index contributed by atoms with van der Waals surface area (Å²) in [5, 5.41) is 6.87. The number of aromatic nitrogens is 3. The smallest absolute Gasteiger partial charge is 0.257 e. The van der Waals surface area contributed by atoms with Gasteiger partial charge in [-0.15, -0.1) is 0 Å². The summed E-state index contributed by atoms with van der Waals surface area (Å²) < 4.78 is 1.52. The number of aromatic amines is 1. The number of carbonyl (C=O) groups is 2. The Morgan fingerprint density at radius 2 is 2.12 bits per heavy atom. The molecule has 0 spiro atoms. The first-order valence-corrected chi connectivity index (χ1v) is 8.26. The average molecular weight is 351 g/mol. The molecule has 0 atom stereocenters. The van der Waals surface area contributed by atoms with Crippen LogP contribution in [-0.4, -0.2) is 39.7 Å². The largest absolute Gasteiger partial charge is 0.345 e. The molecular weight excluding hydrogens is 334 g/mol. The first kappa shape index (κ1) is 16.1. The van der Waals surface area contributed by atoms with Crippen LogP contribution in [0.4, 0.5) is 5.69 Å². The van der Waals surface area contributed by atoms with E-state index in [-0.39, 0.29) is 18.0 Å². The van der Waals surface area contributed by atoms with E-state index in [0.29, 0.717) is 17.6 Å². The number of fused-ring (bicyclic) bond motifs is 2. The Kier molecular flexibility index (Phi) is 3.80. The standard InChI is InChI=1S/C18H17N5O3/c1-22-17-12(9-21-22)16(25)13(8-19-17)18(26)20-10-15(24)23-7-6-11-4-2-3-5-14(11)23/h2-5,8-9H,6-7,10H2,1H3,(H,19,25)(H,20,26). The second-order valence-corrected chi connectivity index (χ2v) is 6.17. The molecule has 1 aliphatic heterocycles. The van der Waals surface area contributed by atoms with Gasteiger partial charge in [0.2, 0.25) is 11.3 Å². The lowest BCUT2D eigenvalue weighted by atomic mass is 10.2. The Hall–Kier alpha value is -3.42. The Morgan fingerprint density at radius 3 is 2.96 bits per heavy atom. The minimum atomic E-state index is -0.585. The highest BCUT2D eigenvalue weighted by molar-refractivity contribution is 6.02. The zero-order valence-corrected chi connectivity index (χ0v) is 14.2. The zero-order chi connectivity index (χ0) is 18.3. The predicted octanol–water partition coefficient (Wildman–Crippen LogP) is 0.581. The Bertz CT molecular complexity index is 1080. The third kappa shape index (κ3) is 2.55. The van der Waals surface area contributed by atoms with Gasteiger partial charge < -0.3 is 15.2 Å². The summed E-state index contributed by atoms with van der Waals surface area (Å²) in [6.07, 6.45) is 3.56. The molecule has 26 heavy (non-hydrogen) atoms. The highest BCUT2D eigenvalue weighted by atomic mass is 16.2. The maximum Gasteiger partial charge on any atom is 0.257 e. The lowest BCUT2D eigenvalue weighted by Crippen LogP contribution is -2.40. The van der Waals surface area contributed by atoms with Crippen molar-refractivity contribution in [3.05, 3.63) is 58.0 Å².